The summed E-state index contributed by atoms with van der Waals surface area (Å²) in [6.45, 7) is 6.28. The molecule has 0 fully saturated rings. The van der Waals surface area contributed by atoms with E-state index in [1.807, 2.05) is 14.0 Å². The maximum Gasteiger partial charge on any atom is 0.0685 e. The van der Waals surface area contributed by atoms with Gasteiger partial charge in [0.25, 0.3) is 0 Å². The van der Waals surface area contributed by atoms with Crippen molar-refractivity contribution in [2.75, 3.05) is 7.05 Å². The standard InChI is InChI=1S/C8H15NS/c1-5-6-7(2)10-8(3)9-4/h6H,5H2,1-4H3/b7-6+,9-8-. The summed E-state index contributed by atoms with van der Waals surface area (Å²) in [7, 11) is 1.82. The summed E-state index contributed by atoms with van der Waals surface area (Å²) in [5, 5.41) is 1.13. The fourth-order valence-corrected chi connectivity index (χ4v) is 1.42. The molecule has 0 aliphatic carbocycles. The Morgan fingerprint density at radius 3 is 2.50 bits per heavy atom. The van der Waals surface area contributed by atoms with Crippen molar-refractivity contribution in [3.8, 4) is 0 Å². The molecule has 0 rings (SSSR count). The predicted molar refractivity (Wildman–Crippen MR) is 50.7 cm³/mol. The molecule has 0 aliphatic heterocycles. The molecule has 0 radical (unpaired) electrons. The van der Waals surface area contributed by atoms with E-state index in [1.165, 1.54) is 4.91 Å². The molecule has 0 saturated heterocycles. The number of hydrogen-bond acceptors (Lipinski definition) is 2. The Morgan fingerprint density at radius 2 is 2.10 bits per heavy atom. The minimum Gasteiger partial charge on any atom is -0.286 e. The van der Waals surface area contributed by atoms with Crippen LogP contribution in [0.3, 0.4) is 0 Å². The van der Waals surface area contributed by atoms with Gasteiger partial charge in [-0.1, -0.05) is 24.8 Å². The van der Waals surface area contributed by atoms with Crippen molar-refractivity contribution in [3.05, 3.63) is 11.0 Å². The highest BCUT2D eigenvalue weighted by atomic mass is 32.2. The number of thioether (sulfide) groups is 1. The average Bonchev–Trinajstić information content (AvgIpc) is 1.88. The molecule has 0 N–H and O–H groups in total. The monoisotopic (exact) mass is 157 g/mol. The first-order chi connectivity index (χ1) is 4.70. The molecule has 0 aliphatic rings. The van der Waals surface area contributed by atoms with Gasteiger partial charge in [0.1, 0.15) is 0 Å². The molecule has 10 heavy (non-hydrogen) atoms. The predicted octanol–water partition coefficient (Wildman–Crippen LogP) is 3.08. The van der Waals surface area contributed by atoms with Crippen LogP contribution < -0.4 is 0 Å². The lowest BCUT2D eigenvalue weighted by atomic mass is 10.4. The molecule has 0 aromatic carbocycles. The van der Waals surface area contributed by atoms with Gasteiger partial charge >= 0.3 is 0 Å². The molecule has 0 bridgehead atoms. The Morgan fingerprint density at radius 1 is 1.50 bits per heavy atom. The largest absolute Gasteiger partial charge is 0.286 e. The van der Waals surface area contributed by atoms with E-state index in [1.54, 1.807) is 11.8 Å². The minimum absolute atomic E-state index is 1.11. The highest BCUT2D eigenvalue weighted by Crippen LogP contribution is 2.16. The van der Waals surface area contributed by atoms with E-state index < -0.39 is 0 Å². The van der Waals surface area contributed by atoms with Gasteiger partial charge in [-0.05, 0) is 25.2 Å². The highest BCUT2D eigenvalue weighted by Gasteiger charge is 1.91. The van der Waals surface area contributed by atoms with Crippen molar-refractivity contribution in [1.82, 2.24) is 0 Å². The number of aliphatic imine (C=N–C) groups is 1. The van der Waals surface area contributed by atoms with Crippen molar-refractivity contribution < 1.29 is 0 Å². The Kier molecular flexibility index (Phi) is 5.40. The van der Waals surface area contributed by atoms with Gasteiger partial charge in [0, 0.05) is 7.05 Å². The molecule has 2 heteroatoms. The molecule has 0 aromatic rings. The van der Waals surface area contributed by atoms with Crippen molar-refractivity contribution in [2.24, 2.45) is 4.99 Å². The van der Waals surface area contributed by atoms with Gasteiger partial charge in [-0.15, -0.1) is 0 Å². The maximum atomic E-state index is 4.05. The second-order valence-electron chi connectivity index (χ2n) is 2.07. The van der Waals surface area contributed by atoms with E-state index in [-0.39, 0.29) is 0 Å². The van der Waals surface area contributed by atoms with Crippen LogP contribution in [0, 0.1) is 0 Å². The summed E-state index contributed by atoms with van der Waals surface area (Å²) in [4.78, 5) is 5.39. The number of hydrogen-bond donors (Lipinski definition) is 0. The summed E-state index contributed by atoms with van der Waals surface area (Å²) in [6, 6.07) is 0. The number of allylic oxidation sites excluding steroid dienone is 2. The molecule has 0 aromatic heterocycles. The molecule has 0 spiro atoms. The van der Waals surface area contributed by atoms with Crippen molar-refractivity contribution in [2.45, 2.75) is 27.2 Å². The van der Waals surface area contributed by atoms with E-state index in [2.05, 4.69) is 24.9 Å². The van der Waals surface area contributed by atoms with Crippen LogP contribution in [0.4, 0.5) is 0 Å². The summed E-state index contributed by atoms with van der Waals surface area (Å²) in [5.41, 5.74) is 0. The zero-order chi connectivity index (χ0) is 7.98. The van der Waals surface area contributed by atoms with Crippen LogP contribution in [0.1, 0.15) is 27.2 Å². The lowest BCUT2D eigenvalue weighted by Gasteiger charge is -1.97. The normalized spacial score (nSPS) is 14.0. The molecule has 0 heterocycles. The van der Waals surface area contributed by atoms with Crippen LogP contribution in [-0.2, 0) is 0 Å². The molecule has 1 nitrogen and oxygen atoms in total. The zero-order valence-corrected chi connectivity index (χ0v) is 7.96. The van der Waals surface area contributed by atoms with Gasteiger partial charge in [0.05, 0.1) is 5.04 Å². The third-order valence-corrected chi connectivity index (χ3v) is 2.08. The Bertz CT molecular complexity index is 147. The van der Waals surface area contributed by atoms with Crippen LogP contribution in [0.25, 0.3) is 0 Å². The van der Waals surface area contributed by atoms with Gasteiger partial charge in [0.15, 0.2) is 0 Å². The Balaban J connectivity index is 3.79. The van der Waals surface area contributed by atoms with E-state index in [9.17, 15) is 0 Å². The minimum atomic E-state index is 1.11. The highest BCUT2D eigenvalue weighted by molar-refractivity contribution is 8.17. The molecular weight excluding hydrogens is 142 g/mol. The van der Waals surface area contributed by atoms with Crippen molar-refractivity contribution >= 4 is 16.8 Å². The SMILES string of the molecule is CC/C=C(\C)S/C(C)=N\C. The van der Waals surface area contributed by atoms with Crippen molar-refractivity contribution in [1.29, 1.82) is 0 Å². The van der Waals surface area contributed by atoms with Crippen molar-refractivity contribution in [3.63, 3.8) is 0 Å². The third kappa shape index (κ3) is 4.62. The first-order valence-electron chi connectivity index (χ1n) is 3.48. The second-order valence-corrected chi connectivity index (χ2v) is 3.51. The maximum absolute atomic E-state index is 4.05. The van der Waals surface area contributed by atoms with Crippen LogP contribution in [0.2, 0.25) is 0 Å². The first kappa shape index (κ1) is 9.76. The van der Waals surface area contributed by atoms with Gasteiger partial charge in [-0.25, -0.2) is 0 Å². The topological polar surface area (TPSA) is 12.4 Å². The van der Waals surface area contributed by atoms with E-state index >= 15 is 0 Å². The lowest BCUT2D eigenvalue weighted by Crippen LogP contribution is -1.81. The summed E-state index contributed by atoms with van der Waals surface area (Å²) < 4.78 is 0. The van der Waals surface area contributed by atoms with Crippen LogP contribution in [0.5, 0.6) is 0 Å². The molecule has 58 valence electrons. The summed E-state index contributed by atoms with van der Waals surface area (Å²) in [6.07, 6.45) is 3.31. The zero-order valence-electron chi connectivity index (χ0n) is 7.14. The fourth-order valence-electron chi connectivity index (χ4n) is 0.608. The summed E-state index contributed by atoms with van der Waals surface area (Å²) >= 11 is 1.74. The van der Waals surface area contributed by atoms with E-state index in [4.69, 9.17) is 0 Å². The van der Waals surface area contributed by atoms with Crippen LogP contribution in [-0.4, -0.2) is 12.1 Å². The van der Waals surface area contributed by atoms with E-state index in [0.717, 1.165) is 11.5 Å². The molecular formula is C8H15NS. The Labute approximate surface area is 67.6 Å². The first-order valence-corrected chi connectivity index (χ1v) is 4.30. The van der Waals surface area contributed by atoms with Crippen LogP contribution in [0.15, 0.2) is 16.0 Å². The van der Waals surface area contributed by atoms with Gasteiger partial charge in [-0.2, -0.15) is 0 Å². The van der Waals surface area contributed by atoms with Gasteiger partial charge < -0.3 is 0 Å². The second kappa shape index (κ2) is 5.54. The molecule has 0 saturated carbocycles. The summed E-state index contributed by atoms with van der Waals surface area (Å²) in [5.74, 6) is 0. The fraction of sp³-hybridized carbons (Fsp3) is 0.625. The van der Waals surface area contributed by atoms with Gasteiger partial charge in [0.2, 0.25) is 0 Å². The number of rotatable bonds is 2. The van der Waals surface area contributed by atoms with E-state index in [0.29, 0.717) is 0 Å². The molecule has 0 atom stereocenters. The quantitative estimate of drug-likeness (QED) is 0.443. The molecule has 0 unspecified atom stereocenters. The van der Waals surface area contributed by atoms with Gasteiger partial charge in [-0.3, -0.25) is 4.99 Å². The third-order valence-electron chi connectivity index (χ3n) is 1.12. The molecule has 0 amide bonds. The smallest absolute Gasteiger partial charge is 0.0685 e. The average molecular weight is 157 g/mol. The number of nitrogens with zero attached hydrogens (tertiary/aromatic N) is 1. The van der Waals surface area contributed by atoms with Crippen LogP contribution >= 0.6 is 11.8 Å². The lowest BCUT2D eigenvalue weighted by molar-refractivity contribution is 1.21. The Hall–Kier alpha value is -0.240.